The van der Waals surface area contributed by atoms with Gasteiger partial charge in [0, 0.05) is 10.6 Å². The summed E-state index contributed by atoms with van der Waals surface area (Å²) in [5.41, 5.74) is 3.60. The molecule has 23 heavy (non-hydrogen) atoms. The maximum atomic E-state index is 9.80. The average Bonchev–Trinajstić information content (AvgIpc) is 3.21. The van der Waals surface area contributed by atoms with Crippen LogP contribution in [0.1, 0.15) is 11.3 Å². The quantitative estimate of drug-likeness (QED) is 0.586. The van der Waals surface area contributed by atoms with Crippen molar-refractivity contribution < 1.29 is 9.68 Å². The predicted octanol–water partition coefficient (Wildman–Crippen LogP) is 1.78. The Morgan fingerprint density at radius 1 is 1.22 bits per heavy atom. The molecule has 0 atom stereocenters. The minimum absolute atomic E-state index is 0.451. The van der Waals surface area contributed by atoms with Crippen LogP contribution in [0.2, 0.25) is 0 Å². The Bertz CT molecular complexity index is 825. The third-order valence-electron chi connectivity index (χ3n) is 3.73. The van der Waals surface area contributed by atoms with Crippen LogP contribution in [0.4, 0.5) is 0 Å². The van der Waals surface area contributed by atoms with Gasteiger partial charge in [0.25, 0.3) is 0 Å². The lowest BCUT2D eigenvalue weighted by molar-refractivity contribution is 0.275. The molecule has 7 heteroatoms. The summed E-state index contributed by atoms with van der Waals surface area (Å²) < 4.78 is 6.94. The molecule has 3 aromatic rings. The molecule has 0 saturated carbocycles. The van der Waals surface area contributed by atoms with Gasteiger partial charge in [-0.25, -0.2) is 4.68 Å². The highest BCUT2D eigenvalue weighted by molar-refractivity contribution is 7.98. The summed E-state index contributed by atoms with van der Waals surface area (Å²) in [7, 11) is -0.846. The first-order chi connectivity index (χ1) is 11.3. The first-order valence-electron chi connectivity index (χ1n) is 7.31. The van der Waals surface area contributed by atoms with Crippen LogP contribution in [0.25, 0.3) is 5.69 Å². The van der Waals surface area contributed by atoms with Gasteiger partial charge in [0.1, 0.15) is 0 Å². The number of fused-ring (bicyclic) bond motifs is 1. The normalized spacial score (nSPS) is 13.3. The SMILES string of the molecule is OB1OCc2ccc(-n3cc(CSc4ccccc4)nn3)cc21. The lowest BCUT2D eigenvalue weighted by Gasteiger charge is -2.03. The number of nitrogens with zero attached hydrogens (tertiary/aromatic N) is 3. The van der Waals surface area contributed by atoms with E-state index in [1.807, 2.05) is 42.6 Å². The Labute approximate surface area is 138 Å². The molecule has 114 valence electrons. The van der Waals surface area contributed by atoms with Gasteiger partial charge in [0.05, 0.1) is 24.2 Å². The topological polar surface area (TPSA) is 60.2 Å². The summed E-state index contributed by atoms with van der Waals surface area (Å²) in [6.45, 7) is 0.451. The van der Waals surface area contributed by atoms with Gasteiger partial charge in [-0.1, -0.05) is 29.5 Å². The molecule has 0 amide bonds. The van der Waals surface area contributed by atoms with Crippen molar-refractivity contribution in [3.8, 4) is 5.69 Å². The summed E-state index contributed by atoms with van der Waals surface area (Å²) in [5.74, 6) is 0.765. The highest BCUT2D eigenvalue weighted by atomic mass is 32.2. The molecule has 1 aliphatic rings. The Morgan fingerprint density at radius 2 is 2.09 bits per heavy atom. The third kappa shape index (κ3) is 3.03. The fraction of sp³-hybridized carbons (Fsp3) is 0.125. The number of hydrogen-bond donors (Lipinski definition) is 1. The molecule has 5 nitrogen and oxygen atoms in total. The number of aromatic nitrogens is 3. The molecule has 0 saturated heterocycles. The number of benzene rings is 2. The summed E-state index contributed by atoms with van der Waals surface area (Å²) in [5, 5.41) is 18.2. The van der Waals surface area contributed by atoms with Crippen molar-refractivity contribution in [2.75, 3.05) is 0 Å². The fourth-order valence-electron chi connectivity index (χ4n) is 2.51. The van der Waals surface area contributed by atoms with E-state index in [9.17, 15) is 5.02 Å². The van der Waals surface area contributed by atoms with E-state index in [0.717, 1.165) is 28.2 Å². The van der Waals surface area contributed by atoms with Crippen molar-refractivity contribution in [2.24, 2.45) is 0 Å². The lowest BCUT2D eigenvalue weighted by Crippen LogP contribution is -2.28. The van der Waals surface area contributed by atoms with E-state index in [4.69, 9.17) is 4.65 Å². The predicted molar refractivity (Wildman–Crippen MR) is 89.8 cm³/mol. The van der Waals surface area contributed by atoms with Crippen LogP contribution in [0.5, 0.6) is 0 Å². The molecular formula is C16H14BN3O2S. The molecule has 0 aliphatic carbocycles. The Hall–Kier alpha value is -2.09. The van der Waals surface area contributed by atoms with E-state index < -0.39 is 7.12 Å². The second kappa shape index (κ2) is 6.19. The zero-order chi connectivity index (χ0) is 15.6. The molecule has 0 radical (unpaired) electrons. The highest BCUT2D eigenvalue weighted by Gasteiger charge is 2.27. The van der Waals surface area contributed by atoms with Crippen LogP contribution in [0.15, 0.2) is 59.6 Å². The van der Waals surface area contributed by atoms with Gasteiger partial charge in [-0.2, -0.15) is 0 Å². The van der Waals surface area contributed by atoms with Crippen molar-refractivity contribution in [3.63, 3.8) is 0 Å². The molecule has 1 N–H and O–H groups in total. The van der Waals surface area contributed by atoms with Gasteiger partial charge in [-0.15, -0.1) is 16.9 Å². The largest absolute Gasteiger partial charge is 0.491 e. The van der Waals surface area contributed by atoms with Gasteiger partial charge in [0.2, 0.25) is 0 Å². The van der Waals surface area contributed by atoms with E-state index in [-0.39, 0.29) is 0 Å². The number of thioether (sulfide) groups is 1. The molecule has 0 unspecified atom stereocenters. The first-order valence-corrected chi connectivity index (χ1v) is 8.30. The maximum Gasteiger partial charge on any atom is 0.491 e. The Kier molecular flexibility index (Phi) is 3.91. The standard InChI is InChI=1S/C16H14BN3O2S/c21-17-16-8-14(7-6-12(16)10-22-17)20-9-13(18-19-20)11-23-15-4-2-1-3-5-15/h1-9,21H,10-11H2. The molecular weight excluding hydrogens is 309 g/mol. The second-order valence-corrected chi connectivity index (χ2v) is 6.35. The molecule has 4 rings (SSSR count). The highest BCUT2D eigenvalue weighted by Crippen LogP contribution is 2.21. The van der Waals surface area contributed by atoms with Gasteiger partial charge < -0.3 is 9.68 Å². The summed E-state index contributed by atoms with van der Waals surface area (Å²) in [6, 6.07) is 16.0. The van der Waals surface area contributed by atoms with Crippen LogP contribution in [0.3, 0.4) is 0 Å². The van der Waals surface area contributed by atoms with Crippen LogP contribution >= 0.6 is 11.8 Å². The van der Waals surface area contributed by atoms with Crippen molar-refractivity contribution in [1.29, 1.82) is 0 Å². The summed E-state index contributed by atoms with van der Waals surface area (Å²) >= 11 is 1.73. The van der Waals surface area contributed by atoms with E-state index >= 15 is 0 Å². The molecule has 1 aliphatic heterocycles. The zero-order valence-corrected chi connectivity index (χ0v) is 13.1. The van der Waals surface area contributed by atoms with Gasteiger partial charge in [-0.05, 0) is 35.3 Å². The van der Waals surface area contributed by atoms with E-state index in [0.29, 0.717) is 6.61 Å². The van der Waals surface area contributed by atoms with Gasteiger partial charge in [0.15, 0.2) is 0 Å². The maximum absolute atomic E-state index is 9.80. The van der Waals surface area contributed by atoms with Crippen molar-refractivity contribution in [1.82, 2.24) is 15.0 Å². The van der Waals surface area contributed by atoms with Crippen molar-refractivity contribution >= 4 is 24.3 Å². The molecule has 0 bridgehead atoms. The molecule has 1 aromatic heterocycles. The molecule has 2 heterocycles. The first kappa shape index (κ1) is 14.5. The Morgan fingerprint density at radius 3 is 2.96 bits per heavy atom. The Balaban J connectivity index is 1.51. The average molecular weight is 323 g/mol. The van der Waals surface area contributed by atoms with Crippen LogP contribution in [-0.4, -0.2) is 27.1 Å². The van der Waals surface area contributed by atoms with Crippen LogP contribution < -0.4 is 5.46 Å². The van der Waals surface area contributed by atoms with Crippen molar-refractivity contribution in [3.05, 3.63) is 66.0 Å². The third-order valence-corrected chi connectivity index (χ3v) is 4.77. The smallest absolute Gasteiger partial charge is 0.423 e. The number of hydrogen-bond acceptors (Lipinski definition) is 5. The summed E-state index contributed by atoms with van der Waals surface area (Å²) in [6.07, 6.45) is 1.92. The molecule has 0 spiro atoms. The molecule has 2 aromatic carbocycles. The van der Waals surface area contributed by atoms with E-state index in [2.05, 4.69) is 22.4 Å². The minimum Gasteiger partial charge on any atom is -0.423 e. The van der Waals surface area contributed by atoms with Gasteiger partial charge >= 0.3 is 7.12 Å². The fourth-order valence-corrected chi connectivity index (χ4v) is 3.31. The van der Waals surface area contributed by atoms with E-state index in [1.54, 1.807) is 16.4 Å². The van der Waals surface area contributed by atoms with Crippen LogP contribution in [-0.2, 0) is 17.0 Å². The minimum atomic E-state index is -0.846. The summed E-state index contributed by atoms with van der Waals surface area (Å²) in [4.78, 5) is 1.21. The monoisotopic (exact) mass is 323 g/mol. The second-order valence-electron chi connectivity index (χ2n) is 5.30. The number of rotatable bonds is 4. The van der Waals surface area contributed by atoms with Gasteiger partial charge in [-0.3, -0.25) is 0 Å². The van der Waals surface area contributed by atoms with E-state index in [1.165, 1.54) is 4.90 Å². The molecule has 0 fully saturated rings. The van der Waals surface area contributed by atoms with Crippen molar-refractivity contribution in [2.45, 2.75) is 17.3 Å². The zero-order valence-electron chi connectivity index (χ0n) is 12.3. The lowest BCUT2D eigenvalue weighted by atomic mass is 9.79. The van der Waals surface area contributed by atoms with Crippen LogP contribution in [0, 0.1) is 0 Å².